The molecule has 0 atom stereocenters. The van der Waals surface area contributed by atoms with Crippen molar-refractivity contribution in [3.8, 4) is 11.3 Å². The quantitative estimate of drug-likeness (QED) is 0.687. The standard InChI is InChI=1S/C22H26N4S/c1-24-13-14-26-20(18-6-3-2-4-7-18)16-23-21(26)22(24)9-11-25(12-10-22)17-19-8-5-15-27-19/h2-8,15-16H,9-14,17H2,1H3. The van der Waals surface area contributed by atoms with Gasteiger partial charge < -0.3 is 4.57 Å². The van der Waals surface area contributed by atoms with Crippen molar-refractivity contribution in [2.45, 2.75) is 31.5 Å². The largest absolute Gasteiger partial charge is 0.325 e. The third-order valence-corrected chi connectivity index (χ3v) is 7.23. The first kappa shape index (κ1) is 17.2. The van der Waals surface area contributed by atoms with E-state index in [4.69, 9.17) is 4.98 Å². The number of fused-ring (bicyclic) bond motifs is 2. The molecule has 0 aliphatic carbocycles. The molecule has 4 heterocycles. The van der Waals surface area contributed by atoms with Gasteiger partial charge in [0.2, 0.25) is 0 Å². The van der Waals surface area contributed by atoms with Gasteiger partial charge >= 0.3 is 0 Å². The normalized spacial score (nSPS) is 20.0. The van der Waals surface area contributed by atoms with Crippen LogP contribution in [0.4, 0.5) is 0 Å². The van der Waals surface area contributed by atoms with Crippen LogP contribution in [0.3, 0.4) is 0 Å². The van der Waals surface area contributed by atoms with Crippen LogP contribution in [-0.2, 0) is 18.6 Å². The van der Waals surface area contributed by atoms with Crippen LogP contribution in [-0.4, -0.2) is 46.0 Å². The number of nitrogens with zero attached hydrogens (tertiary/aromatic N) is 4. The fraction of sp³-hybridized carbons (Fsp3) is 0.409. The number of piperidine rings is 1. The third-order valence-electron chi connectivity index (χ3n) is 6.37. The summed E-state index contributed by atoms with van der Waals surface area (Å²) in [6.07, 6.45) is 4.39. The molecule has 140 valence electrons. The summed E-state index contributed by atoms with van der Waals surface area (Å²) in [5.41, 5.74) is 2.61. The molecule has 3 aromatic rings. The van der Waals surface area contributed by atoms with Crippen LogP contribution in [0.25, 0.3) is 11.3 Å². The maximum Gasteiger partial charge on any atom is 0.129 e. The molecule has 27 heavy (non-hydrogen) atoms. The average Bonchev–Trinajstić information content (AvgIpc) is 3.37. The van der Waals surface area contributed by atoms with Gasteiger partial charge in [-0.1, -0.05) is 36.4 Å². The number of hydrogen-bond donors (Lipinski definition) is 0. The van der Waals surface area contributed by atoms with Gasteiger partial charge in [-0.05, 0) is 36.9 Å². The minimum absolute atomic E-state index is 0.0806. The number of thiophene rings is 1. The SMILES string of the molecule is CN1CCn2c(-c3ccccc3)cnc2C12CCN(Cc1cccs1)CC2. The van der Waals surface area contributed by atoms with Crippen molar-refractivity contribution in [1.82, 2.24) is 19.4 Å². The smallest absolute Gasteiger partial charge is 0.129 e. The molecule has 0 amide bonds. The molecule has 1 aromatic carbocycles. The summed E-state index contributed by atoms with van der Waals surface area (Å²) < 4.78 is 2.48. The van der Waals surface area contributed by atoms with Gasteiger partial charge in [0.05, 0.1) is 17.4 Å². The number of benzene rings is 1. The van der Waals surface area contributed by atoms with Crippen LogP contribution >= 0.6 is 11.3 Å². The van der Waals surface area contributed by atoms with E-state index in [1.54, 1.807) is 0 Å². The molecule has 1 saturated heterocycles. The molecular weight excluding hydrogens is 352 g/mol. The van der Waals surface area contributed by atoms with Crippen molar-refractivity contribution in [3.05, 3.63) is 64.7 Å². The Balaban J connectivity index is 1.42. The first-order chi connectivity index (χ1) is 13.3. The van der Waals surface area contributed by atoms with Gasteiger partial charge in [-0.25, -0.2) is 4.98 Å². The number of likely N-dealkylation sites (N-methyl/N-ethyl adjacent to an activating group) is 1. The fourth-order valence-electron chi connectivity index (χ4n) is 4.76. The van der Waals surface area contributed by atoms with E-state index in [0.29, 0.717) is 0 Å². The monoisotopic (exact) mass is 378 g/mol. The Bertz CT molecular complexity index is 892. The predicted octanol–water partition coefficient (Wildman–Crippen LogP) is 4.05. The van der Waals surface area contributed by atoms with E-state index in [-0.39, 0.29) is 5.54 Å². The molecule has 0 unspecified atom stereocenters. The highest BCUT2D eigenvalue weighted by Crippen LogP contribution is 2.41. The van der Waals surface area contributed by atoms with E-state index in [9.17, 15) is 0 Å². The number of aromatic nitrogens is 2. The molecule has 0 N–H and O–H groups in total. The minimum Gasteiger partial charge on any atom is -0.325 e. The first-order valence-electron chi connectivity index (χ1n) is 9.84. The molecule has 5 rings (SSSR count). The van der Waals surface area contributed by atoms with E-state index in [2.05, 4.69) is 75.5 Å². The van der Waals surface area contributed by atoms with Crippen molar-refractivity contribution >= 4 is 11.3 Å². The Kier molecular flexibility index (Phi) is 4.38. The Morgan fingerprint density at radius 2 is 1.81 bits per heavy atom. The molecule has 1 fully saturated rings. The lowest BCUT2D eigenvalue weighted by molar-refractivity contribution is 0.00725. The number of likely N-dealkylation sites (tertiary alicyclic amines) is 1. The second-order valence-corrected chi connectivity index (χ2v) is 8.83. The average molecular weight is 379 g/mol. The van der Waals surface area contributed by atoms with Crippen LogP contribution in [0.2, 0.25) is 0 Å². The molecule has 1 spiro atoms. The van der Waals surface area contributed by atoms with Gasteiger partial charge in [0.15, 0.2) is 0 Å². The topological polar surface area (TPSA) is 24.3 Å². The predicted molar refractivity (Wildman–Crippen MR) is 111 cm³/mol. The lowest BCUT2D eigenvalue weighted by atomic mass is 9.83. The second kappa shape index (κ2) is 6.89. The molecule has 2 aromatic heterocycles. The van der Waals surface area contributed by atoms with Crippen LogP contribution in [0.15, 0.2) is 54.0 Å². The second-order valence-electron chi connectivity index (χ2n) is 7.79. The van der Waals surface area contributed by atoms with Gasteiger partial charge in [0.25, 0.3) is 0 Å². The van der Waals surface area contributed by atoms with Gasteiger partial charge in [-0.15, -0.1) is 11.3 Å². The van der Waals surface area contributed by atoms with Crippen LogP contribution < -0.4 is 0 Å². The van der Waals surface area contributed by atoms with Crippen molar-refractivity contribution in [3.63, 3.8) is 0 Å². The molecule has 0 bridgehead atoms. The zero-order chi connectivity index (χ0) is 18.3. The van der Waals surface area contributed by atoms with Crippen LogP contribution in [0.5, 0.6) is 0 Å². The summed E-state index contributed by atoms with van der Waals surface area (Å²) in [7, 11) is 2.29. The Morgan fingerprint density at radius 3 is 2.56 bits per heavy atom. The highest BCUT2D eigenvalue weighted by Gasteiger charge is 2.45. The molecule has 4 nitrogen and oxygen atoms in total. The van der Waals surface area contributed by atoms with E-state index >= 15 is 0 Å². The number of rotatable bonds is 3. The third kappa shape index (κ3) is 2.94. The number of imidazole rings is 1. The fourth-order valence-corrected chi connectivity index (χ4v) is 5.50. The Morgan fingerprint density at radius 1 is 1.00 bits per heavy atom. The van der Waals surface area contributed by atoms with Crippen molar-refractivity contribution in [2.24, 2.45) is 0 Å². The Labute approximate surface area is 165 Å². The summed E-state index contributed by atoms with van der Waals surface area (Å²) >= 11 is 1.87. The van der Waals surface area contributed by atoms with Crippen molar-refractivity contribution < 1.29 is 0 Å². The van der Waals surface area contributed by atoms with E-state index in [1.165, 1.54) is 22.0 Å². The summed E-state index contributed by atoms with van der Waals surface area (Å²) in [4.78, 5) is 11.6. The van der Waals surface area contributed by atoms with Gasteiger partial charge in [-0.3, -0.25) is 9.80 Å². The van der Waals surface area contributed by atoms with Gasteiger partial charge in [0, 0.05) is 37.6 Å². The van der Waals surface area contributed by atoms with Crippen molar-refractivity contribution in [1.29, 1.82) is 0 Å². The highest BCUT2D eigenvalue weighted by molar-refractivity contribution is 7.09. The maximum atomic E-state index is 4.97. The molecular formula is C22H26N4S. The summed E-state index contributed by atoms with van der Waals surface area (Å²) in [6, 6.07) is 15.1. The summed E-state index contributed by atoms with van der Waals surface area (Å²) in [5.74, 6) is 1.27. The molecule has 2 aliphatic heterocycles. The maximum absolute atomic E-state index is 4.97. The highest BCUT2D eigenvalue weighted by atomic mass is 32.1. The Hall–Kier alpha value is -1.95. The van der Waals surface area contributed by atoms with E-state index < -0.39 is 0 Å². The number of hydrogen-bond acceptors (Lipinski definition) is 4. The zero-order valence-corrected chi connectivity index (χ0v) is 16.7. The van der Waals surface area contributed by atoms with Gasteiger partial charge in [0.1, 0.15) is 5.82 Å². The van der Waals surface area contributed by atoms with E-state index in [1.807, 2.05) is 11.3 Å². The summed E-state index contributed by atoms with van der Waals surface area (Å²) in [6.45, 7) is 5.47. The lowest BCUT2D eigenvalue weighted by Gasteiger charge is -2.49. The van der Waals surface area contributed by atoms with Crippen LogP contribution in [0, 0.1) is 0 Å². The zero-order valence-electron chi connectivity index (χ0n) is 15.8. The summed E-state index contributed by atoms with van der Waals surface area (Å²) in [5, 5.41) is 2.18. The van der Waals surface area contributed by atoms with E-state index in [0.717, 1.165) is 45.6 Å². The van der Waals surface area contributed by atoms with Gasteiger partial charge in [-0.2, -0.15) is 0 Å². The van der Waals surface area contributed by atoms with Crippen LogP contribution in [0.1, 0.15) is 23.5 Å². The minimum atomic E-state index is 0.0806. The molecule has 0 saturated carbocycles. The lowest BCUT2D eigenvalue weighted by Crippen LogP contribution is -2.56. The van der Waals surface area contributed by atoms with Crippen molar-refractivity contribution in [2.75, 3.05) is 26.7 Å². The first-order valence-corrected chi connectivity index (χ1v) is 10.7. The molecule has 2 aliphatic rings. The molecule has 0 radical (unpaired) electrons. The molecule has 5 heteroatoms.